The van der Waals surface area contributed by atoms with Crippen molar-refractivity contribution in [1.82, 2.24) is 5.32 Å². The lowest BCUT2D eigenvalue weighted by molar-refractivity contribution is 0.270. The van der Waals surface area contributed by atoms with Crippen LogP contribution in [-0.4, -0.2) is 21.3 Å². The summed E-state index contributed by atoms with van der Waals surface area (Å²) in [6.45, 7) is 7.43. The van der Waals surface area contributed by atoms with Crippen LogP contribution in [0.2, 0.25) is 0 Å². The third-order valence-electron chi connectivity index (χ3n) is 4.23. The van der Waals surface area contributed by atoms with Crippen LogP contribution in [0.3, 0.4) is 0 Å². The molecule has 0 aliphatic rings. The molecule has 0 radical (unpaired) electrons. The second-order valence-electron chi connectivity index (χ2n) is 7.12. The third kappa shape index (κ3) is 4.67. The van der Waals surface area contributed by atoms with Gasteiger partial charge in [-0.3, -0.25) is 0 Å². The van der Waals surface area contributed by atoms with Gasteiger partial charge in [-0.2, -0.15) is 0 Å². The molecule has 0 bridgehead atoms. The normalized spacial score (nSPS) is 12.6. The predicted octanol–water partition coefficient (Wildman–Crippen LogP) is 4.59. The van der Waals surface area contributed by atoms with Crippen molar-refractivity contribution >= 4 is 0 Å². The van der Waals surface area contributed by atoms with E-state index in [0.29, 0.717) is 23.8 Å². The number of hydrogen-bond donors (Lipinski definition) is 1. The highest BCUT2D eigenvalue weighted by atomic mass is 16.5. The van der Waals surface area contributed by atoms with E-state index in [0.717, 1.165) is 5.56 Å². The molecule has 25 heavy (non-hydrogen) atoms. The summed E-state index contributed by atoms with van der Waals surface area (Å²) in [4.78, 5) is 0. The van der Waals surface area contributed by atoms with Crippen molar-refractivity contribution in [2.75, 3.05) is 21.3 Å². The first kappa shape index (κ1) is 19.1. The minimum absolute atomic E-state index is 0.0853. The lowest BCUT2D eigenvalue weighted by Crippen LogP contribution is -2.32. The Morgan fingerprint density at radius 2 is 1.44 bits per heavy atom. The van der Waals surface area contributed by atoms with E-state index in [1.54, 1.807) is 21.3 Å². The number of hydrogen-bond acceptors (Lipinski definition) is 4. The van der Waals surface area contributed by atoms with Gasteiger partial charge in [0, 0.05) is 12.6 Å². The first-order chi connectivity index (χ1) is 11.9. The van der Waals surface area contributed by atoms with Crippen molar-refractivity contribution in [2.24, 2.45) is 5.41 Å². The fraction of sp³-hybridized carbons (Fsp3) is 0.429. The molecular formula is C21H29NO3. The number of methoxy groups -OCH3 is 3. The van der Waals surface area contributed by atoms with Crippen LogP contribution in [0.1, 0.15) is 37.9 Å². The molecule has 0 spiro atoms. The lowest BCUT2D eigenvalue weighted by Gasteiger charge is -2.32. The van der Waals surface area contributed by atoms with Gasteiger partial charge >= 0.3 is 0 Å². The molecule has 0 amide bonds. The van der Waals surface area contributed by atoms with Gasteiger partial charge in [-0.25, -0.2) is 0 Å². The number of ether oxygens (including phenoxy) is 3. The highest BCUT2D eigenvalue weighted by Gasteiger charge is 2.26. The van der Waals surface area contributed by atoms with E-state index in [9.17, 15) is 0 Å². The van der Waals surface area contributed by atoms with Gasteiger partial charge in [-0.15, -0.1) is 0 Å². The van der Waals surface area contributed by atoms with Gasteiger partial charge in [0.15, 0.2) is 11.5 Å². The Bertz CT molecular complexity index is 652. The highest BCUT2D eigenvalue weighted by molar-refractivity contribution is 5.53. The molecule has 0 saturated heterocycles. The maximum absolute atomic E-state index is 5.45. The number of rotatable bonds is 7. The minimum Gasteiger partial charge on any atom is -0.493 e. The van der Waals surface area contributed by atoms with Crippen molar-refractivity contribution in [3.05, 3.63) is 53.6 Å². The van der Waals surface area contributed by atoms with E-state index in [1.165, 1.54) is 5.56 Å². The molecule has 0 aliphatic heterocycles. The second kappa shape index (κ2) is 8.26. The molecule has 0 aliphatic carbocycles. The van der Waals surface area contributed by atoms with E-state index < -0.39 is 0 Å². The number of nitrogens with one attached hydrogen (secondary N) is 1. The zero-order valence-electron chi connectivity index (χ0n) is 16.1. The Morgan fingerprint density at radius 3 is 1.88 bits per heavy atom. The van der Waals surface area contributed by atoms with Crippen LogP contribution >= 0.6 is 0 Å². The van der Waals surface area contributed by atoms with E-state index in [1.807, 2.05) is 18.2 Å². The van der Waals surface area contributed by atoms with Crippen molar-refractivity contribution in [3.63, 3.8) is 0 Å². The molecule has 2 aromatic carbocycles. The topological polar surface area (TPSA) is 39.7 Å². The smallest absolute Gasteiger partial charge is 0.203 e. The zero-order chi connectivity index (χ0) is 18.4. The molecule has 0 fully saturated rings. The summed E-state index contributed by atoms with van der Waals surface area (Å²) in [5.41, 5.74) is 2.45. The molecule has 4 nitrogen and oxygen atoms in total. The van der Waals surface area contributed by atoms with Gasteiger partial charge < -0.3 is 19.5 Å². The van der Waals surface area contributed by atoms with E-state index >= 15 is 0 Å². The predicted molar refractivity (Wildman–Crippen MR) is 102 cm³/mol. The Balaban J connectivity index is 2.26. The maximum Gasteiger partial charge on any atom is 0.203 e. The third-order valence-corrected chi connectivity index (χ3v) is 4.23. The molecule has 1 N–H and O–H groups in total. The van der Waals surface area contributed by atoms with Crippen LogP contribution in [-0.2, 0) is 6.54 Å². The van der Waals surface area contributed by atoms with E-state index in [-0.39, 0.29) is 11.5 Å². The van der Waals surface area contributed by atoms with Crippen LogP contribution < -0.4 is 19.5 Å². The SMILES string of the molecule is COc1cc(CNC(c2ccccc2)C(C)(C)C)cc(OC)c1OC. The van der Waals surface area contributed by atoms with Crippen molar-refractivity contribution in [2.45, 2.75) is 33.4 Å². The largest absolute Gasteiger partial charge is 0.493 e. The zero-order valence-corrected chi connectivity index (χ0v) is 16.1. The van der Waals surface area contributed by atoms with Gasteiger partial charge in [0.25, 0.3) is 0 Å². The minimum atomic E-state index is 0.0853. The molecule has 0 aromatic heterocycles. The maximum atomic E-state index is 5.45. The summed E-state index contributed by atoms with van der Waals surface area (Å²) in [6, 6.07) is 14.7. The lowest BCUT2D eigenvalue weighted by atomic mass is 9.82. The molecule has 1 atom stereocenters. The van der Waals surface area contributed by atoms with Gasteiger partial charge in [-0.05, 0) is 28.7 Å². The molecule has 2 aromatic rings. The summed E-state index contributed by atoms with van der Waals surface area (Å²) < 4.78 is 16.3. The Hall–Kier alpha value is -2.20. The molecule has 2 rings (SSSR count). The van der Waals surface area contributed by atoms with Gasteiger partial charge in [0.05, 0.1) is 21.3 Å². The van der Waals surface area contributed by atoms with Crippen LogP contribution in [0.5, 0.6) is 17.2 Å². The van der Waals surface area contributed by atoms with Gasteiger partial charge in [-0.1, -0.05) is 51.1 Å². The van der Waals surface area contributed by atoms with Crippen LogP contribution in [0.4, 0.5) is 0 Å². The molecule has 4 heteroatoms. The Kier molecular flexibility index (Phi) is 6.32. The van der Waals surface area contributed by atoms with Crippen LogP contribution in [0.15, 0.2) is 42.5 Å². The van der Waals surface area contributed by atoms with Gasteiger partial charge in [0.2, 0.25) is 5.75 Å². The quantitative estimate of drug-likeness (QED) is 0.798. The van der Waals surface area contributed by atoms with Crippen LogP contribution in [0.25, 0.3) is 0 Å². The van der Waals surface area contributed by atoms with Crippen LogP contribution in [0, 0.1) is 5.41 Å². The van der Waals surface area contributed by atoms with E-state index in [2.05, 4.69) is 50.4 Å². The Labute approximate surface area is 151 Å². The molecule has 0 heterocycles. The molecule has 0 saturated carbocycles. The standard InChI is InChI=1S/C21H29NO3/c1-21(2,3)20(16-10-8-7-9-11-16)22-14-15-12-17(23-4)19(25-6)18(13-15)24-5/h7-13,20,22H,14H2,1-6H3. The monoisotopic (exact) mass is 343 g/mol. The van der Waals surface area contributed by atoms with Crippen molar-refractivity contribution < 1.29 is 14.2 Å². The summed E-state index contributed by atoms with van der Waals surface area (Å²) in [5.74, 6) is 1.96. The highest BCUT2D eigenvalue weighted by Crippen LogP contribution is 2.39. The fourth-order valence-corrected chi connectivity index (χ4v) is 3.03. The Morgan fingerprint density at radius 1 is 0.880 bits per heavy atom. The summed E-state index contributed by atoms with van der Waals surface area (Å²) in [7, 11) is 4.89. The fourth-order valence-electron chi connectivity index (χ4n) is 3.03. The average molecular weight is 343 g/mol. The molecule has 136 valence electrons. The summed E-state index contributed by atoms with van der Waals surface area (Å²) in [5, 5.41) is 3.68. The van der Waals surface area contributed by atoms with E-state index in [4.69, 9.17) is 14.2 Å². The average Bonchev–Trinajstić information content (AvgIpc) is 2.60. The number of benzene rings is 2. The summed E-state index contributed by atoms with van der Waals surface area (Å²) in [6.07, 6.45) is 0. The molecule has 1 unspecified atom stereocenters. The first-order valence-electron chi connectivity index (χ1n) is 8.48. The first-order valence-corrected chi connectivity index (χ1v) is 8.48. The summed E-state index contributed by atoms with van der Waals surface area (Å²) >= 11 is 0. The molecular weight excluding hydrogens is 314 g/mol. The second-order valence-corrected chi connectivity index (χ2v) is 7.12. The van der Waals surface area contributed by atoms with Crippen molar-refractivity contribution in [1.29, 1.82) is 0 Å². The van der Waals surface area contributed by atoms with Crippen molar-refractivity contribution in [3.8, 4) is 17.2 Å². The van der Waals surface area contributed by atoms with Gasteiger partial charge in [0.1, 0.15) is 0 Å².